The molecule has 2 aromatic rings. The molecule has 1 fully saturated rings. The van der Waals surface area contributed by atoms with Crippen LogP contribution in [0.3, 0.4) is 0 Å². The lowest BCUT2D eigenvalue weighted by Gasteiger charge is -2.30. The molecule has 1 aliphatic rings. The van der Waals surface area contributed by atoms with Crippen LogP contribution in [0.25, 0.3) is 0 Å². The van der Waals surface area contributed by atoms with Gasteiger partial charge in [0.1, 0.15) is 29.8 Å². The average Bonchev–Trinajstić information content (AvgIpc) is 3.47. The number of rotatable bonds is 11. The minimum absolute atomic E-state index is 0.0682. The molecule has 0 bridgehead atoms. The topological polar surface area (TPSA) is 172 Å². The Bertz CT molecular complexity index is 1350. The number of aldehydes is 1. The second-order valence-corrected chi connectivity index (χ2v) is 11.3. The predicted molar refractivity (Wildman–Crippen MR) is 161 cm³/mol. The van der Waals surface area contributed by atoms with Crippen LogP contribution in [0.4, 0.5) is 9.18 Å². The van der Waals surface area contributed by atoms with E-state index in [1.165, 1.54) is 29.2 Å². The highest BCUT2D eigenvalue weighted by Gasteiger charge is 2.39. The first-order chi connectivity index (χ1) is 20.9. The molecule has 13 heteroatoms. The van der Waals surface area contributed by atoms with E-state index in [1.54, 1.807) is 51.1 Å². The number of alkyl carbamates (subject to hydrolysis) is 1. The first kappa shape index (κ1) is 33.7. The monoisotopic (exact) mass is 610 g/mol. The van der Waals surface area contributed by atoms with Crippen LogP contribution in [0.1, 0.15) is 68.4 Å². The second-order valence-electron chi connectivity index (χ2n) is 11.3. The summed E-state index contributed by atoms with van der Waals surface area (Å²) in [5.41, 5.74) is 5.71. The summed E-state index contributed by atoms with van der Waals surface area (Å²) in [6, 6.07) is 10.7. The second kappa shape index (κ2) is 15.6. The maximum atomic E-state index is 13.7. The van der Waals surface area contributed by atoms with Crippen molar-refractivity contribution >= 4 is 36.1 Å². The quantitative estimate of drug-likeness (QED) is 0.131. The molecule has 3 rings (SSSR count). The lowest BCUT2D eigenvalue weighted by atomic mass is 10.0. The van der Waals surface area contributed by atoms with Gasteiger partial charge in [-0.1, -0.05) is 30.3 Å². The van der Waals surface area contributed by atoms with Crippen molar-refractivity contribution in [1.82, 2.24) is 20.9 Å². The number of aliphatic imine (C=N–C) groups is 1. The maximum Gasteiger partial charge on any atom is 0.408 e. The highest BCUT2D eigenvalue weighted by Crippen LogP contribution is 2.25. The lowest BCUT2D eigenvalue weighted by Crippen LogP contribution is -2.52. The average molecular weight is 611 g/mol. The third kappa shape index (κ3) is 10.2. The number of ether oxygens (including phenoxy) is 1. The molecule has 0 radical (unpaired) electrons. The van der Waals surface area contributed by atoms with Crippen LogP contribution >= 0.6 is 0 Å². The summed E-state index contributed by atoms with van der Waals surface area (Å²) < 4.78 is 18.9. The van der Waals surface area contributed by atoms with Crippen molar-refractivity contribution in [1.29, 1.82) is 0 Å². The van der Waals surface area contributed by atoms with Gasteiger partial charge >= 0.3 is 6.09 Å². The van der Waals surface area contributed by atoms with E-state index in [1.807, 2.05) is 0 Å². The minimum Gasteiger partial charge on any atom is -0.444 e. The fraction of sp³-hybridized carbons (Fsp3) is 0.419. The smallest absolute Gasteiger partial charge is 0.408 e. The number of hydrogen-bond donors (Lipinski definition) is 4. The minimum atomic E-state index is -1.23. The number of carbonyl (C=O) groups is 5. The number of guanidine groups is 1. The largest absolute Gasteiger partial charge is 0.444 e. The Labute approximate surface area is 255 Å². The molecule has 0 aliphatic carbocycles. The van der Waals surface area contributed by atoms with Crippen molar-refractivity contribution in [2.75, 3.05) is 13.1 Å². The van der Waals surface area contributed by atoms with E-state index in [4.69, 9.17) is 10.5 Å². The molecule has 1 heterocycles. The molecule has 3 atom stereocenters. The Hall–Kier alpha value is -4.81. The molecular weight excluding hydrogens is 571 g/mol. The zero-order chi connectivity index (χ0) is 32.3. The van der Waals surface area contributed by atoms with Crippen LogP contribution in [-0.2, 0) is 19.1 Å². The summed E-state index contributed by atoms with van der Waals surface area (Å²) in [5, 5.41) is 7.72. The highest BCUT2D eigenvalue weighted by molar-refractivity contribution is 6.05. The molecule has 12 nitrogen and oxygen atoms in total. The van der Waals surface area contributed by atoms with Crippen molar-refractivity contribution < 1.29 is 33.1 Å². The summed E-state index contributed by atoms with van der Waals surface area (Å²) in [6.45, 7) is 5.48. The molecule has 0 aromatic heterocycles. The molecule has 2 aromatic carbocycles. The number of carbonyl (C=O) groups excluding carboxylic acids is 5. The fourth-order valence-corrected chi connectivity index (χ4v) is 4.62. The van der Waals surface area contributed by atoms with Crippen molar-refractivity contribution in [3.8, 4) is 0 Å². The van der Waals surface area contributed by atoms with Crippen molar-refractivity contribution in [3.05, 3.63) is 71.5 Å². The van der Waals surface area contributed by atoms with Gasteiger partial charge in [-0.2, -0.15) is 0 Å². The summed E-state index contributed by atoms with van der Waals surface area (Å²) in [6.07, 6.45) is 1.27. The third-order valence-electron chi connectivity index (χ3n) is 6.67. The zero-order valence-electron chi connectivity index (χ0n) is 25.0. The fourth-order valence-electron chi connectivity index (χ4n) is 4.62. The molecule has 0 saturated carbocycles. The Morgan fingerprint density at radius 3 is 2.41 bits per heavy atom. The van der Waals surface area contributed by atoms with E-state index in [0.29, 0.717) is 36.7 Å². The van der Waals surface area contributed by atoms with Gasteiger partial charge in [0.2, 0.25) is 5.91 Å². The van der Waals surface area contributed by atoms with Crippen LogP contribution in [0.15, 0.2) is 59.6 Å². The number of nitrogens with zero attached hydrogens (tertiary/aromatic N) is 2. The van der Waals surface area contributed by atoms with Gasteiger partial charge < -0.3 is 30.8 Å². The molecule has 4 amide bonds. The SMILES string of the molecule is CC(C)(C)OC(=O)N[C@@H](C(=O)N1CCC[C@H]1C(=O)N[C@H](C=O)CCCN=C(N)NC(=O)c1ccccc1)c1ccc(F)cc1. The van der Waals surface area contributed by atoms with Crippen molar-refractivity contribution in [3.63, 3.8) is 0 Å². The van der Waals surface area contributed by atoms with E-state index < -0.39 is 53.4 Å². The van der Waals surface area contributed by atoms with Crippen LogP contribution in [0, 0.1) is 5.82 Å². The van der Waals surface area contributed by atoms with Gasteiger partial charge in [0.15, 0.2) is 5.96 Å². The Kier molecular flexibility index (Phi) is 11.9. The Morgan fingerprint density at radius 1 is 1.09 bits per heavy atom. The van der Waals surface area contributed by atoms with Crippen LogP contribution < -0.4 is 21.7 Å². The van der Waals surface area contributed by atoms with E-state index in [-0.39, 0.29) is 25.5 Å². The lowest BCUT2D eigenvalue weighted by molar-refractivity contribution is -0.140. The number of halogens is 1. The van der Waals surface area contributed by atoms with Gasteiger partial charge in [0, 0.05) is 18.7 Å². The van der Waals surface area contributed by atoms with E-state index in [2.05, 4.69) is 20.9 Å². The first-order valence-electron chi connectivity index (χ1n) is 14.4. The number of likely N-dealkylation sites (tertiary alicyclic amines) is 1. The summed E-state index contributed by atoms with van der Waals surface area (Å²) >= 11 is 0. The molecule has 44 heavy (non-hydrogen) atoms. The zero-order valence-corrected chi connectivity index (χ0v) is 25.0. The van der Waals surface area contributed by atoms with Crippen LogP contribution in [0.2, 0.25) is 0 Å². The standard InChI is InChI=1S/C31H39FN6O6/c1-31(2,3)44-30(43)36-25(20-13-15-22(32)16-14-20)28(42)38-18-8-12-24(38)27(41)35-23(19-39)11-7-17-34-29(33)37-26(40)21-9-5-4-6-10-21/h4-6,9-10,13-16,19,23-25H,7-8,11-12,17-18H2,1-3H3,(H,35,41)(H,36,43)(H3,33,34,37,40)/t23-,24-,25+/m0/s1. The number of amides is 4. The van der Waals surface area contributed by atoms with Gasteiger partial charge in [-0.25, -0.2) is 9.18 Å². The molecule has 1 saturated heterocycles. The predicted octanol–water partition coefficient (Wildman–Crippen LogP) is 2.59. The van der Waals surface area contributed by atoms with Gasteiger partial charge in [-0.15, -0.1) is 0 Å². The Morgan fingerprint density at radius 2 is 1.77 bits per heavy atom. The van der Waals surface area contributed by atoms with Crippen LogP contribution in [-0.4, -0.2) is 71.7 Å². The van der Waals surface area contributed by atoms with E-state index >= 15 is 0 Å². The maximum absolute atomic E-state index is 13.7. The number of nitrogens with two attached hydrogens (primary N) is 1. The molecule has 0 unspecified atom stereocenters. The molecule has 236 valence electrons. The number of benzene rings is 2. The summed E-state index contributed by atoms with van der Waals surface area (Å²) in [5.74, 6) is -2.06. The molecular formula is C31H39FN6O6. The normalized spacial score (nSPS) is 16.4. The molecule has 5 N–H and O–H groups in total. The van der Waals surface area contributed by atoms with Gasteiger partial charge in [0.05, 0.1) is 6.04 Å². The van der Waals surface area contributed by atoms with Crippen LogP contribution in [0.5, 0.6) is 0 Å². The first-order valence-corrected chi connectivity index (χ1v) is 14.4. The van der Waals surface area contributed by atoms with Crippen molar-refractivity contribution in [2.24, 2.45) is 10.7 Å². The van der Waals surface area contributed by atoms with E-state index in [0.717, 1.165) is 0 Å². The van der Waals surface area contributed by atoms with Gasteiger partial charge in [-0.05, 0) is 76.3 Å². The highest BCUT2D eigenvalue weighted by atomic mass is 19.1. The Balaban J connectivity index is 1.59. The van der Waals surface area contributed by atoms with Gasteiger partial charge in [-0.3, -0.25) is 24.7 Å². The summed E-state index contributed by atoms with van der Waals surface area (Å²) in [4.78, 5) is 68.9. The number of nitrogens with one attached hydrogen (secondary N) is 3. The van der Waals surface area contributed by atoms with Gasteiger partial charge in [0.25, 0.3) is 11.8 Å². The summed E-state index contributed by atoms with van der Waals surface area (Å²) in [7, 11) is 0. The van der Waals surface area contributed by atoms with Crippen molar-refractivity contribution in [2.45, 2.75) is 70.2 Å². The number of hydrogen-bond acceptors (Lipinski definition) is 7. The third-order valence-corrected chi connectivity index (χ3v) is 6.67. The van der Waals surface area contributed by atoms with E-state index in [9.17, 15) is 28.4 Å². The molecule has 1 aliphatic heterocycles. The molecule has 0 spiro atoms.